The number of rotatable bonds is 13. The van der Waals surface area contributed by atoms with E-state index in [1.807, 2.05) is 55.1 Å². The lowest BCUT2D eigenvalue weighted by Gasteiger charge is -2.23. The van der Waals surface area contributed by atoms with Gasteiger partial charge in [0.1, 0.15) is 6.04 Å². The van der Waals surface area contributed by atoms with Crippen LogP contribution in [0.3, 0.4) is 0 Å². The minimum Gasteiger partial charge on any atom is -0.469 e. The number of aromatic amines is 1. The van der Waals surface area contributed by atoms with Crippen LogP contribution in [0.5, 0.6) is 0 Å². The third-order valence-corrected chi connectivity index (χ3v) is 5.95. The molecule has 0 saturated heterocycles. The number of esters is 1. The summed E-state index contributed by atoms with van der Waals surface area (Å²) in [6.07, 6.45) is 8.75. The van der Waals surface area contributed by atoms with Crippen molar-refractivity contribution in [1.29, 1.82) is 0 Å². The molecule has 3 aromatic rings. The van der Waals surface area contributed by atoms with E-state index >= 15 is 0 Å². The van der Waals surface area contributed by atoms with Gasteiger partial charge in [-0.25, -0.2) is 4.98 Å². The molecule has 0 spiro atoms. The number of benzene rings is 1. The molecular formula is C26H35N5O4. The second-order valence-corrected chi connectivity index (χ2v) is 9.18. The zero-order valence-electron chi connectivity index (χ0n) is 20.6. The van der Waals surface area contributed by atoms with E-state index in [4.69, 9.17) is 4.74 Å². The molecular weight excluding hydrogens is 446 g/mol. The lowest BCUT2D eigenvalue weighted by molar-refractivity contribution is -0.144. The maximum Gasteiger partial charge on any atom is 0.306 e. The molecule has 0 radical (unpaired) electrons. The molecule has 35 heavy (non-hydrogen) atoms. The highest BCUT2D eigenvalue weighted by Gasteiger charge is 2.28. The number of aromatic nitrogens is 3. The number of imidazole rings is 1. The fourth-order valence-corrected chi connectivity index (χ4v) is 4.17. The van der Waals surface area contributed by atoms with Gasteiger partial charge in [0, 0.05) is 54.9 Å². The van der Waals surface area contributed by atoms with Crippen LogP contribution in [0.15, 0.2) is 49.2 Å². The Hall–Kier alpha value is -3.62. The molecule has 2 heterocycles. The number of carbonyl (C=O) groups excluding carboxylic acids is 3. The molecule has 0 saturated carbocycles. The highest BCUT2D eigenvalue weighted by atomic mass is 16.5. The molecule has 9 nitrogen and oxygen atoms in total. The van der Waals surface area contributed by atoms with Gasteiger partial charge in [-0.1, -0.05) is 32.0 Å². The Kier molecular flexibility index (Phi) is 9.46. The molecule has 188 valence electrons. The number of H-pyrrole nitrogens is 1. The summed E-state index contributed by atoms with van der Waals surface area (Å²) in [6.45, 7) is 5.19. The molecule has 0 unspecified atom stereocenters. The van der Waals surface area contributed by atoms with E-state index in [0.29, 0.717) is 19.4 Å². The van der Waals surface area contributed by atoms with Crippen molar-refractivity contribution >= 4 is 28.7 Å². The summed E-state index contributed by atoms with van der Waals surface area (Å²) in [5.74, 6) is -1.37. The van der Waals surface area contributed by atoms with Crippen molar-refractivity contribution in [1.82, 2.24) is 25.2 Å². The predicted molar refractivity (Wildman–Crippen MR) is 133 cm³/mol. The first kappa shape index (κ1) is 26.0. The molecule has 0 aliphatic carbocycles. The summed E-state index contributed by atoms with van der Waals surface area (Å²) < 4.78 is 6.73. The van der Waals surface area contributed by atoms with Crippen molar-refractivity contribution in [3.05, 3.63) is 54.7 Å². The van der Waals surface area contributed by atoms with Crippen LogP contribution in [0.2, 0.25) is 0 Å². The monoisotopic (exact) mass is 481 g/mol. The topological polar surface area (TPSA) is 118 Å². The van der Waals surface area contributed by atoms with Crippen LogP contribution in [-0.2, 0) is 32.1 Å². The molecule has 0 bridgehead atoms. The van der Waals surface area contributed by atoms with E-state index < -0.39 is 17.9 Å². The number of amides is 2. The first-order chi connectivity index (χ1) is 16.9. The molecule has 0 aliphatic heterocycles. The molecule has 3 rings (SSSR count). The van der Waals surface area contributed by atoms with Gasteiger partial charge in [-0.15, -0.1) is 0 Å². The average molecular weight is 482 g/mol. The minimum absolute atomic E-state index is 0.0210. The summed E-state index contributed by atoms with van der Waals surface area (Å²) in [6, 6.07) is 7.07. The normalized spacial score (nSPS) is 12.9. The second-order valence-electron chi connectivity index (χ2n) is 9.18. The SMILES string of the molecule is COC(=O)C[C@@H](CC(C)C)C(=O)N[C@@H](Cc1c[nH]c2ccccc12)C(=O)NCCCn1ccnc1. The van der Waals surface area contributed by atoms with Crippen LogP contribution in [0, 0.1) is 11.8 Å². The largest absolute Gasteiger partial charge is 0.469 e. The van der Waals surface area contributed by atoms with Crippen molar-refractivity contribution < 1.29 is 19.1 Å². The molecule has 0 fully saturated rings. The van der Waals surface area contributed by atoms with Gasteiger partial charge >= 0.3 is 5.97 Å². The van der Waals surface area contributed by atoms with E-state index in [0.717, 1.165) is 29.4 Å². The Bertz CT molecular complexity index is 1110. The first-order valence-corrected chi connectivity index (χ1v) is 12.0. The van der Waals surface area contributed by atoms with E-state index in [1.165, 1.54) is 7.11 Å². The highest BCUT2D eigenvalue weighted by Crippen LogP contribution is 2.21. The fourth-order valence-electron chi connectivity index (χ4n) is 4.17. The number of nitrogens with zero attached hydrogens (tertiary/aromatic N) is 2. The van der Waals surface area contributed by atoms with Gasteiger partial charge in [0.15, 0.2) is 0 Å². The van der Waals surface area contributed by atoms with Gasteiger partial charge in [0.25, 0.3) is 0 Å². The van der Waals surface area contributed by atoms with E-state index in [-0.39, 0.29) is 24.2 Å². The van der Waals surface area contributed by atoms with Crippen molar-refractivity contribution in [3.63, 3.8) is 0 Å². The quantitative estimate of drug-likeness (QED) is 0.256. The zero-order valence-corrected chi connectivity index (χ0v) is 20.6. The number of nitrogens with one attached hydrogen (secondary N) is 3. The van der Waals surface area contributed by atoms with Crippen LogP contribution < -0.4 is 10.6 Å². The van der Waals surface area contributed by atoms with Crippen molar-refractivity contribution in [2.45, 2.75) is 52.1 Å². The third-order valence-electron chi connectivity index (χ3n) is 5.95. The predicted octanol–water partition coefficient (Wildman–Crippen LogP) is 2.82. The average Bonchev–Trinajstić information content (AvgIpc) is 3.50. The van der Waals surface area contributed by atoms with Gasteiger partial charge in [0.2, 0.25) is 11.8 Å². The lowest BCUT2D eigenvalue weighted by atomic mass is 9.92. The maximum absolute atomic E-state index is 13.2. The number of aryl methyl sites for hydroxylation is 1. The van der Waals surface area contributed by atoms with Crippen LogP contribution in [0.25, 0.3) is 10.9 Å². The fraction of sp³-hybridized carbons (Fsp3) is 0.462. The number of carbonyl (C=O) groups is 3. The van der Waals surface area contributed by atoms with E-state index in [9.17, 15) is 14.4 Å². The van der Waals surface area contributed by atoms with Gasteiger partial charge in [-0.3, -0.25) is 14.4 Å². The minimum atomic E-state index is -0.776. The molecule has 1 aromatic carbocycles. The summed E-state index contributed by atoms with van der Waals surface area (Å²) in [5, 5.41) is 6.88. The zero-order chi connectivity index (χ0) is 25.2. The first-order valence-electron chi connectivity index (χ1n) is 12.0. The Labute approximate surface area is 205 Å². The molecule has 9 heteroatoms. The molecule has 2 amide bonds. The third kappa shape index (κ3) is 7.70. The summed E-state index contributed by atoms with van der Waals surface area (Å²) in [5.41, 5.74) is 1.91. The maximum atomic E-state index is 13.2. The molecule has 3 N–H and O–H groups in total. The number of methoxy groups -OCH3 is 1. The van der Waals surface area contributed by atoms with Gasteiger partial charge in [-0.2, -0.15) is 0 Å². The summed E-state index contributed by atoms with van der Waals surface area (Å²) in [4.78, 5) is 45.5. The van der Waals surface area contributed by atoms with Gasteiger partial charge in [0.05, 0.1) is 19.9 Å². The smallest absolute Gasteiger partial charge is 0.306 e. The van der Waals surface area contributed by atoms with Crippen LogP contribution in [0.4, 0.5) is 0 Å². The Morgan fingerprint density at radius 3 is 2.69 bits per heavy atom. The molecule has 0 aliphatic rings. The van der Waals surface area contributed by atoms with Crippen molar-refractivity contribution in [2.24, 2.45) is 11.8 Å². The number of fused-ring (bicyclic) bond motifs is 1. The van der Waals surface area contributed by atoms with Crippen LogP contribution >= 0.6 is 0 Å². The van der Waals surface area contributed by atoms with E-state index in [2.05, 4.69) is 20.6 Å². The molecule has 2 atom stereocenters. The lowest BCUT2D eigenvalue weighted by Crippen LogP contribution is -2.50. The van der Waals surface area contributed by atoms with Gasteiger partial charge < -0.3 is 24.9 Å². The standard InChI is InChI=1S/C26H35N5O4/c1-18(2)13-19(15-24(32)35-3)25(33)30-23(14-20-16-29-22-8-5-4-7-21(20)22)26(34)28-9-6-11-31-12-10-27-17-31/h4-5,7-8,10,12,16-19,23,29H,6,9,11,13-15H2,1-3H3,(H,28,34)(H,30,33)/t19-,23+/m1/s1. The Morgan fingerprint density at radius 1 is 1.17 bits per heavy atom. The van der Waals surface area contributed by atoms with Crippen LogP contribution in [-0.4, -0.2) is 52.0 Å². The summed E-state index contributed by atoms with van der Waals surface area (Å²) >= 11 is 0. The van der Waals surface area contributed by atoms with Gasteiger partial charge in [-0.05, 0) is 30.4 Å². The number of hydrogen-bond donors (Lipinski definition) is 3. The van der Waals surface area contributed by atoms with Crippen molar-refractivity contribution in [2.75, 3.05) is 13.7 Å². The Morgan fingerprint density at radius 2 is 1.97 bits per heavy atom. The highest BCUT2D eigenvalue weighted by molar-refractivity contribution is 5.91. The molecule has 2 aromatic heterocycles. The Balaban J connectivity index is 1.71. The number of ether oxygens (including phenoxy) is 1. The summed E-state index contributed by atoms with van der Waals surface area (Å²) in [7, 11) is 1.31. The second kappa shape index (κ2) is 12.7. The number of hydrogen-bond acceptors (Lipinski definition) is 5. The van der Waals surface area contributed by atoms with Crippen molar-refractivity contribution in [3.8, 4) is 0 Å². The van der Waals surface area contributed by atoms with Crippen LogP contribution in [0.1, 0.15) is 38.7 Å². The number of para-hydroxylation sites is 1. The van der Waals surface area contributed by atoms with E-state index in [1.54, 1.807) is 12.5 Å².